The Kier molecular flexibility index (Phi) is 9.05. The van der Waals surface area contributed by atoms with Crippen LogP contribution in [0.5, 0.6) is 0 Å². The van der Waals surface area contributed by atoms with E-state index in [1.165, 1.54) is 12.8 Å². The SMILES string of the molecule is CCN(CC)CCNC(=NC)N1CCC(N(CC2CC2)C(=O)OC(C)(C)C)CC1. The Morgan fingerprint density at radius 3 is 2.24 bits per heavy atom. The first-order chi connectivity index (χ1) is 13.8. The predicted octanol–water partition coefficient (Wildman–Crippen LogP) is 3.02. The molecule has 2 rings (SSSR count). The largest absolute Gasteiger partial charge is 0.444 e. The van der Waals surface area contributed by atoms with Crippen molar-refractivity contribution >= 4 is 12.1 Å². The molecule has 0 aromatic carbocycles. The molecule has 1 heterocycles. The monoisotopic (exact) mass is 409 g/mol. The summed E-state index contributed by atoms with van der Waals surface area (Å²) in [6.45, 7) is 17.0. The number of carbonyl (C=O) groups is 1. The maximum atomic E-state index is 12.8. The predicted molar refractivity (Wildman–Crippen MR) is 119 cm³/mol. The molecule has 168 valence electrons. The van der Waals surface area contributed by atoms with Gasteiger partial charge in [0, 0.05) is 45.8 Å². The van der Waals surface area contributed by atoms with Crippen LogP contribution in [0.1, 0.15) is 60.3 Å². The number of carbonyl (C=O) groups excluding carboxylic acids is 1. The maximum absolute atomic E-state index is 12.8. The van der Waals surface area contributed by atoms with Crippen LogP contribution in [0, 0.1) is 5.92 Å². The van der Waals surface area contributed by atoms with E-state index in [1.807, 2.05) is 32.7 Å². The van der Waals surface area contributed by atoms with E-state index in [0.717, 1.165) is 64.6 Å². The van der Waals surface area contributed by atoms with Crippen molar-refractivity contribution < 1.29 is 9.53 Å². The van der Waals surface area contributed by atoms with Gasteiger partial charge in [0.1, 0.15) is 5.60 Å². The number of piperidine rings is 1. The molecular formula is C22H43N5O2. The number of amides is 1. The summed E-state index contributed by atoms with van der Waals surface area (Å²) >= 11 is 0. The van der Waals surface area contributed by atoms with E-state index in [4.69, 9.17) is 4.74 Å². The molecule has 0 radical (unpaired) electrons. The van der Waals surface area contributed by atoms with Gasteiger partial charge in [0.2, 0.25) is 0 Å². The molecule has 1 saturated carbocycles. The number of nitrogens with zero attached hydrogens (tertiary/aromatic N) is 4. The highest BCUT2D eigenvalue weighted by Crippen LogP contribution is 2.32. The highest BCUT2D eigenvalue weighted by atomic mass is 16.6. The molecule has 1 saturated heterocycles. The third kappa shape index (κ3) is 8.03. The van der Waals surface area contributed by atoms with E-state index in [-0.39, 0.29) is 12.1 Å². The van der Waals surface area contributed by atoms with Gasteiger partial charge in [-0.1, -0.05) is 13.8 Å². The molecule has 29 heavy (non-hydrogen) atoms. The van der Waals surface area contributed by atoms with Crippen LogP contribution in [0.25, 0.3) is 0 Å². The molecule has 0 bridgehead atoms. The summed E-state index contributed by atoms with van der Waals surface area (Å²) in [5.74, 6) is 1.64. The molecule has 2 fully saturated rings. The van der Waals surface area contributed by atoms with Crippen molar-refractivity contribution in [1.82, 2.24) is 20.0 Å². The van der Waals surface area contributed by atoms with Gasteiger partial charge in [-0.2, -0.15) is 0 Å². The van der Waals surface area contributed by atoms with Crippen molar-refractivity contribution in [3.63, 3.8) is 0 Å². The summed E-state index contributed by atoms with van der Waals surface area (Å²) in [5, 5.41) is 3.51. The zero-order chi connectivity index (χ0) is 21.4. The number of hydrogen-bond donors (Lipinski definition) is 1. The number of rotatable bonds is 8. The summed E-state index contributed by atoms with van der Waals surface area (Å²) in [6.07, 6.45) is 4.25. The third-order valence-electron chi connectivity index (χ3n) is 5.80. The van der Waals surface area contributed by atoms with Gasteiger partial charge in [-0.3, -0.25) is 4.99 Å². The average Bonchev–Trinajstić information content (AvgIpc) is 3.50. The molecule has 1 N–H and O–H groups in total. The van der Waals surface area contributed by atoms with E-state index < -0.39 is 5.60 Å². The Labute approximate surface area is 177 Å². The van der Waals surface area contributed by atoms with Gasteiger partial charge >= 0.3 is 6.09 Å². The Morgan fingerprint density at radius 2 is 1.76 bits per heavy atom. The van der Waals surface area contributed by atoms with Crippen LogP contribution in [0.3, 0.4) is 0 Å². The van der Waals surface area contributed by atoms with E-state index in [0.29, 0.717) is 5.92 Å². The van der Waals surface area contributed by atoms with Crippen molar-refractivity contribution in [3.05, 3.63) is 0 Å². The molecule has 0 spiro atoms. The van der Waals surface area contributed by atoms with Gasteiger partial charge in [-0.05, 0) is 65.5 Å². The van der Waals surface area contributed by atoms with Gasteiger partial charge < -0.3 is 24.8 Å². The second kappa shape index (κ2) is 11.0. The maximum Gasteiger partial charge on any atom is 0.410 e. The number of likely N-dealkylation sites (tertiary alicyclic amines) is 1. The second-order valence-electron chi connectivity index (χ2n) is 9.30. The van der Waals surface area contributed by atoms with Gasteiger partial charge in [0.25, 0.3) is 0 Å². The summed E-state index contributed by atoms with van der Waals surface area (Å²) in [5.41, 5.74) is -0.448. The Balaban J connectivity index is 1.86. The zero-order valence-corrected chi connectivity index (χ0v) is 19.5. The molecule has 7 heteroatoms. The molecule has 1 amide bonds. The zero-order valence-electron chi connectivity index (χ0n) is 19.5. The normalized spacial score (nSPS) is 18.9. The molecule has 0 aromatic heterocycles. The molecule has 0 atom stereocenters. The first-order valence-corrected chi connectivity index (χ1v) is 11.4. The minimum absolute atomic E-state index is 0.149. The van der Waals surface area contributed by atoms with Crippen LogP contribution < -0.4 is 5.32 Å². The van der Waals surface area contributed by atoms with Crippen molar-refractivity contribution in [1.29, 1.82) is 0 Å². The first kappa shape index (κ1) is 23.8. The third-order valence-corrected chi connectivity index (χ3v) is 5.80. The number of guanidine groups is 1. The van der Waals surface area contributed by atoms with Crippen LogP contribution in [-0.4, -0.2) is 91.3 Å². The second-order valence-corrected chi connectivity index (χ2v) is 9.30. The van der Waals surface area contributed by atoms with Crippen LogP contribution in [0.2, 0.25) is 0 Å². The topological polar surface area (TPSA) is 60.4 Å². The summed E-state index contributed by atoms with van der Waals surface area (Å²) in [4.78, 5) is 24.0. The van der Waals surface area contributed by atoms with Crippen molar-refractivity contribution in [2.45, 2.75) is 71.9 Å². The lowest BCUT2D eigenvalue weighted by Crippen LogP contribution is -2.53. The molecular weight excluding hydrogens is 366 g/mol. The lowest BCUT2D eigenvalue weighted by molar-refractivity contribution is 0.00928. The fourth-order valence-corrected chi connectivity index (χ4v) is 3.86. The standard InChI is InChI=1S/C22H43N5O2/c1-7-25(8-2)16-13-24-20(23-6)26-14-11-19(12-15-26)27(17-18-9-10-18)21(28)29-22(3,4)5/h18-19H,7-17H2,1-6H3,(H,23,24). The lowest BCUT2D eigenvalue weighted by Gasteiger charge is -2.40. The van der Waals surface area contributed by atoms with Crippen molar-refractivity contribution in [2.75, 3.05) is 52.9 Å². The van der Waals surface area contributed by atoms with Gasteiger partial charge in [-0.15, -0.1) is 0 Å². The van der Waals surface area contributed by atoms with Crippen LogP contribution in [0.15, 0.2) is 4.99 Å². The van der Waals surface area contributed by atoms with E-state index in [1.54, 1.807) is 0 Å². The van der Waals surface area contributed by atoms with Gasteiger partial charge in [-0.25, -0.2) is 4.79 Å². The first-order valence-electron chi connectivity index (χ1n) is 11.4. The number of nitrogens with one attached hydrogen (secondary N) is 1. The molecule has 1 aliphatic carbocycles. The van der Waals surface area contributed by atoms with Gasteiger partial charge in [0.05, 0.1) is 0 Å². The minimum atomic E-state index is -0.448. The summed E-state index contributed by atoms with van der Waals surface area (Å²) in [7, 11) is 1.85. The summed E-state index contributed by atoms with van der Waals surface area (Å²) in [6, 6.07) is 0.260. The van der Waals surface area contributed by atoms with Crippen molar-refractivity contribution in [2.24, 2.45) is 10.9 Å². The van der Waals surface area contributed by atoms with Crippen LogP contribution in [-0.2, 0) is 4.74 Å². The summed E-state index contributed by atoms with van der Waals surface area (Å²) < 4.78 is 5.71. The highest BCUT2D eigenvalue weighted by molar-refractivity contribution is 5.80. The molecule has 0 aromatic rings. The van der Waals surface area contributed by atoms with Crippen molar-refractivity contribution in [3.8, 4) is 0 Å². The van der Waals surface area contributed by atoms with Gasteiger partial charge in [0.15, 0.2) is 5.96 Å². The number of aliphatic imine (C=N–C) groups is 1. The Hall–Kier alpha value is -1.50. The van der Waals surface area contributed by atoms with Crippen LogP contribution >= 0.6 is 0 Å². The fourth-order valence-electron chi connectivity index (χ4n) is 3.86. The minimum Gasteiger partial charge on any atom is -0.444 e. The molecule has 1 aliphatic heterocycles. The van der Waals surface area contributed by atoms with E-state index in [9.17, 15) is 4.79 Å². The van der Waals surface area contributed by atoms with Crippen LogP contribution in [0.4, 0.5) is 4.79 Å². The molecule has 0 unspecified atom stereocenters. The highest BCUT2D eigenvalue weighted by Gasteiger charge is 2.35. The number of likely N-dealkylation sites (N-methyl/N-ethyl adjacent to an activating group) is 1. The number of hydrogen-bond acceptors (Lipinski definition) is 4. The smallest absolute Gasteiger partial charge is 0.410 e. The molecule has 7 nitrogen and oxygen atoms in total. The fraction of sp³-hybridized carbons (Fsp3) is 0.909. The Bertz CT molecular complexity index is 530. The van der Waals surface area contributed by atoms with E-state index >= 15 is 0 Å². The average molecular weight is 410 g/mol. The van der Waals surface area contributed by atoms with E-state index in [2.05, 4.69) is 34.0 Å². The lowest BCUT2D eigenvalue weighted by atomic mass is 10.0. The quantitative estimate of drug-likeness (QED) is 0.493. The molecule has 2 aliphatic rings. The Morgan fingerprint density at radius 1 is 1.14 bits per heavy atom. The number of ether oxygens (including phenoxy) is 1.